The number of nitrogen functional groups attached to an aromatic ring is 1. The fourth-order valence-electron chi connectivity index (χ4n) is 0.786. The molecular weight excluding hydrogens is 174 g/mol. The van der Waals surface area contributed by atoms with E-state index >= 15 is 0 Å². The number of carbonyl (C=O) groups excluding carboxylic acids is 2. The standard InChI is InChI=1S/C6H9N5O2/c1-3(12)8-6-9-5(7)10-11(6)4(2)13/h1-2H3,(H3,7,8,9,10,12). The average Bonchev–Trinajstić information content (AvgIpc) is 2.29. The molecule has 7 nitrogen and oxygen atoms in total. The van der Waals surface area contributed by atoms with Crippen molar-refractivity contribution in [1.29, 1.82) is 0 Å². The van der Waals surface area contributed by atoms with Crippen LogP contribution in [0.2, 0.25) is 0 Å². The molecule has 7 heteroatoms. The largest absolute Gasteiger partial charge is 0.366 e. The number of anilines is 2. The van der Waals surface area contributed by atoms with E-state index in [9.17, 15) is 9.59 Å². The molecule has 0 aliphatic carbocycles. The molecule has 1 amide bonds. The lowest BCUT2D eigenvalue weighted by atomic mass is 10.6. The number of nitrogens with zero attached hydrogens (tertiary/aromatic N) is 3. The van der Waals surface area contributed by atoms with E-state index in [1.165, 1.54) is 13.8 Å². The second-order valence-corrected chi connectivity index (χ2v) is 2.41. The van der Waals surface area contributed by atoms with Gasteiger partial charge < -0.3 is 5.73 Å². The highest BCUT2D eigenvalue weighted by molar-refractivity contribution is 5.89. The van der Waals surface area contributed by atoms with Gasteiger partial charge in [0.15, 0.2) is 0 Å². The Bertz CT molecular complexity index is 356. The van der Waals surface area contributed by atoms with E-state index in [2.05, 4.69) is 15.4 Å². The molecule has 0 spiro atoms. The molecule has 0 aliphatic heterocycles. The SMILES string of the molecule is CC(=O)Nc1nc(N)nn1C(C)=O. The van der Waals surface area contributed by atoms with Gasteiger partial charge in [-0.2, -0.15) is 9.67 Å². The molecule has 0 saturated heterocycles. The minimum atomic E-state index is -0.368. The molecule has 1 rings (SSSR count). The molecule has 3 N–H and O–H groups in total. The topological polar surface area (TPSA) is 103 Å². The van der Waals surface area contributed by atoms with Gasteiger partial charge in [0.25, 0.3) is 0 Å². The smallest absolute Gasteiger partial charge is 0.247 e. The molecule has 1 heterocycles. The number of aromatic nitrogens is 3. The highest BCUT2D eigenvalue weighted by Gasteiger charge is 2.11. The first-order chi connectivity index (χ1) is 6.00. The van der Waals surface area contributed by atoms with E-state index in [0.717, 1.165) is 4.68 Å². The van der Waals surface area contributed by atoms with Crippen LogP contribution in [0.25, 0.3) is 0 Å². The van der Waals surface area contributed by atoms with Gasteiger partial charge in [0.05, 0.1) is 0 Å². The van der Waals surface area contributed by atoms with Crippen molar-refractivity contribution in [2.45, 2.75) is 13.8 Å². The van der Waals surface area contributed by atoms with Crippen molar-refractivity contribution in [3.8, 4) is 0 Å². The molecule has 70 valence electrons. The lowest BCUT2D eigenvalue weighted by Crippen LogP contribution is -2.16. The molecule has 1 aromatic heterocycles. The Labute approximate surface area is 73.9 Å². The summed E-state index contributed by atoms with van der Waals surface area (Å²) in [6, 6.07) is 0. The van der Waals surface area contributed by atoms with Crippen LogP contribution < -0.4 is 11.1 Å². The van der Waals surface area contributed by atoms with E-state index < -0.39 is 0 Å². The van der Waals surface area contributed by atoms with Gasteiger partial charge >= 0.3 is 0 Å². The second kappa shape index (κ2) is 3.21. The van der Waals surface area contributed by atoms with Crippen LogP contribution in [0.3, 0.4) is 0 Å². The van der Waals surface area contributed by atoms with Gasteiger partial charge in [-0.05, 0) is 0 Å². The maximum Gasteiger partial charge on any atom is 0.247 e. The summed E-state index contributed by atoms with van der Waals surface area (Å²) in [6.45, 7) is 2.59. The zero-order chi connectivity index (χ0) is 10.0. The first-order valence-corrected chi connectivity index (χ1v) is 3.51. The van der Waals surface area contributed by atoms with Gasteiger partial charge in [0, 0.05) is 13.8 Å². The zero-order valence-electron chi connectivity index (χ0n) is 7.24. The summed E-state index contributed by atoms with van der Waals surface area (Å²) in [6.07, 6.45) is 0. The molecule has 0 aliphatic rings. The molecule has 0 atom stereocenters. The van der Waals surface area contributed by atoms with E-state index in [0.29, 0.717) is 0 Å². The third kappa shape index (κ3) is 2.01. The molecule has 0 unspecified atom stereocenters. The second-order valence-electron chi connectivity index (χ2n) is 2.41. The summed E-state index contributed by atoms with van der Waals surface area (Å²) in [7, 11) is 0. The summed E-state index contributed by atoms with van der Waals surface area (Å²) in [5, 5.41) is 5.91. The number of rotatable bonds is 1. The fourth-order valence-corrected chi connectivity index (χ4v) is 0.786. The molecule has 13 heavy (non-hydrogen) atoms. The third-order valence-electron chi connectivity index (χ3n) is 1.21. The van der Waals surface area contributed by atoms with Gasteiger partial charge in [0.2, 0.25) is 23.7 Å². The number of carbonyl (C=O) groups is 2. The Balaban J connectivity index is 3.04. The maximum atomic E-state index is 10.9. The van der Waals surface area contributed by atoms with Crippen LogP contribution in [-0.4, -0.2) is 26.6 Å². The summed E-state index contributed by atoms with van der Waals surface area (Å²) < 4.78 is 0.927. The van der Waals surface area contributed by atoms with E-state index in [1.807, 2.05) is 0 Å². The van der Waals surface area contributed by atoms with Gasteiger partial charge in [0.1, 0.15) is 0 Å². The van der Waals surface area contributed by atoms with Crippen molar-refractivity contribution >= 4 is 23.7 Å². The Morgan fingerprint density at radius 3 is 2.54 bits per heavy atom. The van der Waals surface area contributed by atoms with Crippen LogP contribution >= 0.6 is 0 Å². The van der Waals surface area contributed by atoms with E-state index in [1.54, 1.807) is 0 Å². The van der Waals surface area contributed by atoms with Crippen molar-refractivity contribution in [1.82, 2.24) is 14.8 Å². The molecule has 0 saturated carbocycles. The van der Waals surface area contributed by atoms with Crippen molar-refractivity contribution in [3.63, 3.8) is 0 Å². The quantitative estimate of drug-likeness (QED) is 0.609. The van der Waals surface area contributed by atoms with E-state index in [4.69, 9.17) is 5.73 Å². The highest BCUT2D eigenvalue weighted by atomic mass is 16.2. The van der Waals surface area contributed by atoms with Gasteiger partial charge in [-0.25, -0.2) is 0 Å². The van der Waals surface area contributed by atoms with Crippen LogP contribution in [0, 0.1) is 0 Å². The highest BCUT2D eigenvalue weighted by Crippen LogP contribution is 2.05. The molecule has 0 fully saturated rings. The Kier molecular flexibility index (Phi) is 2.27. The van der Waals surface area contributed by atoms with Crippen LogP contribution in [0.4, 0.5) is 11.9 Å². The number of nitrogens with one attached hydrogen (secondary N) is 1. The Morgan fingerprint density at radius 1 is 1.46 bits per heavy atom. The van der Waals surface area contributed by atoms with Crippen LogP contribution in [-0.2, 0) is 4.79 Å². The molecule has 0 aromatic carbocycles. The lowest BCUT2D eigenvalue weighted by molar-refractivity contribution is -0.114. The van der Waals surface area contributed by atoms with Crippen molar-refractivity contribution in [2.75, 3.05) is 11.1 Å². The molecule has 1 aromatic rings. The monoisotopic (exact) mass is 183 g/mol. The number of hydrogen-bond donors (Lipinski definition) is 2. The van der Waals surface area contributed by atoms with Crippen LogP contribution in [0.5, 0.6) is 0 Å². The predicted molar refractivity (Wildman–Crippen MR) is 45.0 cm³/mol. The summed E-state index contributed by atoms with van der Waals surface area (Å²) >= 11 is 0. The summed E-state index contributed by atoms with van der Waals surface area (Å²) in [5.74, 6) is -0.723. The fraction of sp³-hybridized carbons (Fsp3) is 0.333. The van der Waals surface area contributed by atoms with Crippen LogP contribution in [0.15, 0.2) is 0 Å². The summed E-state index contributed by atoms with van der Waals surface area (Å²) in [5.41, 5.74) is 5.25. The average molecular weight is 183 g/mol. The number of amides is 1. The van der Waals surface area contributed by atoms with E-state index in [-0.39, 0.29) is 23.7 Å². The minimum Gasteiger partial charge on any atom is -0.366 e. The normalized spacial score (nSPS) is 9.69. The minimum absolute atomic E-state index is 0.0394. The molecular formula is C6H9N5O2. The van der Waals surface area contributed by atoms with Crippen molar-refractivity contribution in [3.05, 3.63) is 0 Å². The third-order valence-corrected chi connectivity index (χ3v) is 1.21. The first-order valence-electron chi connectivity index (χ1n) is 3.51. The zero-order valence-corrected chi connectivity index (χ0v) is 7.24. The lowest BCUT2D eigenvalue weighted by Gasteiger charge is -1.99. The van der Waals surface area contributed by atoms with Gasteiger partial charge in [-0.1, -0.05) is 0 Å². The number of nitrogens with two attached hydrogens (primary N) is 1. The molecule has 0 bridgehead atoms. The Hall–Kier alpha value is -1.92. The van der Waals surface area contributed by atoms with Crippen molar-refractivity contribution in [2.24, 2.45) is 0 Å². The molecule has 0 radical (unpaired) electrons. The maximum absolute atomic E-state index is 10.9. The Morgan fingerprint density at radius 2 is 2.08 bits per heavy atom. The summed E-state index contributed by atoms with van der Waals surface area (Å²) in [4.78, 5) is 25.2. The first kappa shape index (κ1) is 9.17. The number of hydrogen-bond acceptors (Lipinski definition) is 5. The predicted octanol–water partition coefficient (Wildman–Crippen LogP) is -0.521. The van der Waals surface area contributed by atoms with Gasteiger partial charge in [-0.3, -0.25) is 14.9 Å². The van der Waals surface area contributed by atoms with Crippen LogP contribution in [0.1, 0.15) is 18.6 Å². The van der Waals surface area contributed by atoms with Crippen molar-refractivity contribution < 1.29 is 9.59 Å². The van der Waals surface area contributed by atoms with Gasteiger partial charge in [-0.15, -0.1) is 5.10 Å².